The van der Waals surface area contributed by atoms with E-state index in [0.717, 1.165) is 10.4 Å². The molecule has 19 heavy (non-hydrogen) atoms. The number of carbonyl (C=O) groups is 1. The van der Waals surface area contributed by atoms with E-state index in [1.54, 1.807) is 18.2 Å². The van der Waals surface area contributed by atoms with Gasteiger partial charge < -0.3 is 9.73 Å². The lowest BCUT2D eigenvalue weighted by molar-refractivity contribution is -0.111. The fraction of sp³-hybridized carbons (Fsp3) is 0.143. The van der Waals surface area contributed by atoms with Crippen molar-refractivity contribution in [2.45, 2.75) is 13.8 Å². The second kappa shape index (κ2) is 5.55. The molecule has 0 radical (unpaired) electrons. The normalized spacial score (nSPS) is 10.6. The van der Waals surface area contributed by atoms with Crippen LogP contribution in [-0.4, -0.2) is 5.91 Å². The molecule has 0 bridgehead atoms. The number of rotatable bonds is 3. The first kappa shape index (κ1) is 13.1. The second-order valence-electron chi connectivity index (χ2n) is 3.94. The zero-order chi connectivity index (χ0) is 13.8. The maximum atomic E-state index is 11.8. The van der Waals surface area contributed by atoms with Gasteiger partial charge in [-0.1, -0.05) is 0 Å². The number of amides is 1. The van der Waals surface area contributed by atoms with Crippen molar-refractivity contribution in [1.29, 1.82) is 5.26 Å². The van der Waals surface area contributed by atoms with Crippen LogP contribution in [0.15, 0.2) is 28.9 Å². The van der Waals surface area contributed by atoms with E-state index in [4.69, 9.17) is 9.68 Å². The third kappa shape index (κ3) is 2.92. The molecule has 0 fully saturated rings. The van der Waals surface area contributed by atoms with Gasteiger partial charge in [-0.3, -0.25) is 4.79 Å². The molecule has 2 aromatic heterocycles. The topological polar surface area (TPSA) is 66.0 Å². The fourth-order valence-electron chi connectivity index (χ4n) is 1.55. The lowest BCUT2D eigenvalue weighted by atomic mass is 10.2. The van der Waals surface area contributed by atoms with Crippen LogP contribution in [-0.2, 0) is 4.79 Å². The number of anilines is 1. The predicted molar refractivity (Wildman–Crippen MR) is 74.9 cm³/mol. The van der Waals surface area contributed by atoms with Crippen molar-refractivity contribution in [3.8, 4) is 6.07 Å². The van der Waals surface area contributed by atoms with Crippen LogP contribution in [0, 0.1) is 25.2 Å². The van der Waals surface area contributed by atoms with Crippen molar-refractivity contribution in [3.05, 3.63) is 46.2 Å². The summed E-state index contributed by atoms with van der Waals surface area (Å²) in [6.07, 6.45) is 4.50. The Morgan fingerprint density at radius 3 is 2.95 bits per heavy atom. The van der Waals surface area contributed by atoms with Gasteiger partial charge in [0.2, 0.25) is 5.91 Å². The summed E-state index contributed by atoms with van der Waals surface area (Å²) in [5.74, 6) is 0.323. The summed E-state index contributed by atoms with van der Waals surface area (Å²) >= 11 is 1.41. The summed E-state index contributed by atoms with van der Waals surface area (Å²) < 4.78 is 5.09. The first-order chi connectivity index (χ1) is 9.11. The summed E-state index contributed by atoms with van der Waals surface area (Å²) in [6, 6.07) is 5.61. The number of nitrogens with zero attached hydrogens (tertiary/aromatic N) is 1. The zero-order valence-corrected chi connectivity index (χ0v) is 11.4. The third-order valence-electron chi connectivity index (χ3n) is 2.68. The minimum Gasteiger partial charge on any atom is -0.465 e. The number of hydrogen-bond donors (Lipinski definition) is 1. The quantitative estimate of drug-likeness (QED) is 0.870. The largest absolute Gasteiger partial charge is 0.465 e. The Morgan fingerprint density at radius 1 is 1.53 bits per heavy atom. The van der Waals surface area contributed by atoms with Crippen LogP contribution >= 0.6 is 11.3 Å². The third-order valence-corrected chi connectivity index (χ3v) is 3.80. The van der Waals surface area contributed by atoms with Crippen molar-refractivity contribution in [2.75, 3.05) is 5.32 Å². The molecule has 2 rings (SSSR count). The van der Waals surface area contributed by atoms with Gasteiger partial charge in [0, 0.05) is 11.0 Å². The Bertz CT molecular complexity index is 660. The Labute approximate surface area is 115 Å². The van der Waals surface area contributed by atoms with E-state index in [2.05, 4.69) is 11.4 Å². The van der Waals surface area contributed by atoms with E-state index in [1.165, 1.54) is 23.7 Å². The molecular formula is C14H12N2O2S. The number of nitriles is 1. The molecule has 4 nitrogen and oxygen atoms in total. The molecule has 1 amide bonds. The van der Waals surface area contributed by atoms with Gasteiger partial charge in [-0.05, 0) is 37.6 Å². The van der Waals surface area contributed by atoms with Crippen LogP contribution < -0.4 is 5.32 Å². The molecule has 0 aromatic carbocycles. The van der Waals surface area contributed by atoms with Gasteiger partial charge in [-0.2, -0.15) is 5.26 Å². The molecule has 5 heteroatoms. The summed E-state index contributed by atoms with van der Waals surface area (Å²) in [7, 11) is 0. The van der Waals surface area contributed by atoms with Gasteiger partial charge in [0.15, 0.2) is 0 Å². The molecule has 1 N–H and O–H groups in total. The molecule has 0 aliphatic rings. The molecule has 0 atom stereocenters. The summed E-state index contributed by atoms with van der Waals surface area (Å²) in [5.41, 5.74) is 1.44. The number of furan rings is 1. The number of nitrogens with one attached hydrogen (secondary N) is 1. The minimum atomic E-state index is -0.283. The SMILES string of the molecule is Cc1sc(NC(=O)/C=C/c2ccco2)c(C#N)c1C. The Balaban J connectivity index is 2.12. The van der Waals surface area contributed by atoms with Gasteiger partial charge in [0.05, 0.1) is 11.8 Å². The predicted octanol–water partition coefficient (Wildman–Crippen LogP) is 3.48. The van der Waals surface area contributed by atoms with E-state index in [9.17, 15) is 4.79 Å². The van der Waals surface area contributed by atoms with E-state index < -0.39 is 0 Å². The van der Waals surface area contributed by atoms with Crippen LogP contribution in [0.1, 0.15) is 21.8 Å². The Kier molecular flexibility index (Phi) is 3.83. The highest BCUT2D eigenvalue weighted by molar-refractivity contribution is 7.16. The van der Waals surface area contributed by atoms with Crippen molar-refractivity contribution in [3.63, 3.8) is 0 Å². The van der Waals surface area contributed by atoms with Gasteiger partial charge >= 0.3 is 0 Å². The average Bonchev–Trinajstić information content (AvgIpc) is 2.97. The van der Waals surface area contributed by atoms with Gasteiger partial charge in [0.1, 0.15) is 16.8 Å². The van der Waals surface area contributed by atoms with Crippen LogP contribution in [0.4, 0.5) is 5.00 Å². The first-order valence-electron chi connectivity index (χ1n) is 5.64. The summed E-state index contributed by atoms with van der Waals surface area (Å²) in [4.78, 5) is 12.8. The molecule has 0 aliphatic heterocycles. The standard InChI is InChI=1S/C14H12N2O2S/c1-9-10(2)19-14(12(9)8-15)16-13(17)6-5-11-4-3-7-18-11/h3-7H,1-2H3,(H,16,17)/b6-5+. The van der Waals surface area contributed by atoms with E-state index in [0.29, 0.717) is 16.3 Å². The van der Waals surface area contributed by atoms with Crippen molar-refractivity contribution in [2.24, 2.45) is 0 Å². The molecule has 0 spiro atoms. The highest BCUT2D eigenvalue weighted by Gasteiger charge is 2.13. The average molecular weight is 272 g/mol. The maximum absolute atomic E-state index is 11.8. The first-order valence-corrected chi connectivity index (χ1v) is 6.46. The maximum Gasteiger partial charge on any atom is 0.249 e. The van der Waals surface area contributed by atoms with Gasteiger partial charge in [-0.15, -0.1) is 11.3 Å². The zero-order valence-electron chi connectivity index (χ0n) is 10.6. The highest BCUT2D eigenvalue weighted by Crippen LogP contribution is 2.31. The van der Waals surface area contributed by atoms with Gasteiger partial charge in [0.25, 0.3) is 0 Å². The lowest BCUT2D eigenvalue weighted by Gasteiger charge is -1.98. The van der Waals surface area contributed by atoms with Crippen LogP contribution in [0.5, 0.6) is 0 Å². The number of thiophene rings is 1. The summed E-state index contributed by atoms with van der Waals surface area (Å²) in [6.45, 7) is 3.80. The minimum absolute atomic E-state index is 0.283. The molecule has 2 heterocycles. The van der Waals surface area contributed by atoms with E-state index >= 15 is 0 Å². The Morgan fingerprint density at radius 2 is 2.32 bits per heavy atom. The van der Waals surface area contributed by atoms with Gasteiger partial charge in [-0.25, -0.2) is 0 Å². The van der Waals surface area contributed by atoms with Crippen molar-refractivity contribution < 1.29 is 9.21 Å². The molecular weight excluding hydrogens is 260 g/mol. The van der Waals surface area contributed by atoms with Crippen molar-refractivity contribution >= 4 is 28.3 Å². The monoisotopic (exact) mass is 272 g/mol. The van der Waals surface area contributed by atoms with Crippen LogP contribution in [0.3, 0.4) is 0 Å². The molecule has 0 aliphatic carbocycles. The second-order valence-corrected chi connectivity index (χ2v) is 5.16. The van der Waals surface area contributed by atoms with E-state index in [1.807, 2.05) is 13.8 Å². The summed E-state index contributed by atoms with van der Waals surface area (Å²) in [5, 5.41) is 12.4. The van der Waals surface area contributed by atoms with Crippen molar-refractivity contribution in [1.82, 2.24) is 0 Å². The number of carbonyl (C=O) groups excluding carboxylic acids is 1. The fourth-order valence-corrected chi connectivity index (χ4v) is 2.56. The highest BCUT2D eigenvalue weighted by atomic mass is 32.1. The molecule has 0 unspecified atom stereocenters. The van der Waals surface area contributed by atoms with Crippen LogP contribution in [0.25, 0.3) is 6.08 Å². The van der Waals surface area contributed by atoms with Crippen LogP contribution in [0.2, 0.25) is 0 Å². The molecule has 0 saturated carbocycles. The number of aryl methyl sites for hydroxylation is 1. The molecule has 2 aromatic rings. The molecule has 96 valence electrons. The number of hydrogen-bond acceptors (Lipinski definition) is 4. The lowest BCUT2D eigenvalue weighted by Crippen LogP contribution is -2.07. The van der Waals surface area contributed by atoms with E-state index in [-0.39, 0.29) is 5.91 Å². The molecule has 0 saturated heterocycles. The Hall–Kier alpha value is -2.32. The smallest absolute Gasteiger partial charge is 0.249 e.